The van der Waals surface area contributed by atoms with E-state index in [1.54, 1.807) is 6.33 Å². The Hall–Kier alpha value is -4.17. The van der Waals surface area contributed by atoms with Crippen LogP contribution < -0.4 is 10.6 Å². The molecule has 1 amide bonds. The van der Waals surface area contributed by atoms with Crippen LogP contribution in [0.15, 0.2) is 73.3 Å². The number of amides is 1. The van der Waals surface area contributed by atoms with E-state index in [9.17, 15) is 9.90 Å². The summed E-state index contributed by atoms with van der Waals surface area (Å²) in [6, 6.07) is 18.0. The average molecular weight is 483 g/mol. The fraction of sp³-hybridized carbons (Fsp3) is 0.250. The summed E-state index contributed by atoms with van der Waals surface area (Å²) in [5, 5.41) is 16.9. The number of nitrogens with one attached hydrogen (secondary N) is 2. The first-order chi connectivity index (χ1) is 17.3. The Morgan fingerprint density at radius 1 is 1.00 bits per heavy atom. The van der Waals surface area contributed by atoms with E-state index in [-0.39, 0.29) is 18.1 Å². The maximum absolute atomic E-state index is 12.6. The lowest BCUT2D eigenvalue weighted by Crippen LogP contribution is -2.40. The summed E-state index contributed by atoms with van der Waals surface area (Å²) >= 11 is 0. The van der Waals surface area contributed by atoms with Crippen LogP contribution in [0.2, 0.25) is 0 Å². The second kappa shape index (κ2) is 9.47. The molecule has 0 saturated heterocycles. The normalized spacial score (nSPS) is 11.8. The number of benzene rings is 2. The number of hydrogen-bond acceptors (Lipinski definition) is 5. The molecule has 0 fully saturated rings. The Morgan fingerprint density at radius 2 is 1.83 bits per heavy atom. The minimum Gasteiger partial charge on any atom is -0.395 e. The van der Waals surface area contributed by atoms with Gasteiger partial charge in [0.25, 0.3) is 5.91 Å². The maximum atomic E-state index is 12.6. The molecule has 8 heteroatoms. The van der Waals surface area contributed by atoms with Gasteiger partial charge in [-0.15, -0.1) is 0 Å². The molecule has 0 spiro atoms. The van der Waals surface area contributed by atoms with Crippen LogP contribution in [0, 0.1) is 0 Å². The number of aliphatic hydroxyl groups excluding tert-OH is 1. The van der Waals surface area contributed by atoms with E-state index in [2.05, 4.69) is 49.6 Å². The van der Waals surface area contributed by atoms with Gasteiger partial charge in [-0.3, -0.25) is 4.79 Å². The number of fused-ring (bicyclic) bond motifs is 2. The fourth-order valence-electron chi connectivity index (χ4n) is 4.39. The van der Waals surface area contributed by atoms with Gasteiger partial charge < -0.3 is 24.9 Å². The van der Waals surface area contributed by atoms with Gasteiger partial charge >= 0.3 is 0 Å². The van der Waals surface area contributed by atoms with Crippen molar-refractivity contribution in [2.45, 2.75) is 39.4 Å². The van der Waals surface area contributed by atoms with Crippen molar-refractivity contribution in [3.05, 3.63) is 84.4 Å². The molecule has 0 aliphatic carbocycles. The fourth-order valence-corrected chi connectivity index (χ4v) is 4.39. The first-order valence-electron chi connectivity index (χ1n) is 12.0. The van der Waals surface area contributed by atoms with Crippen LogP contribution in [0.25, 0.3) is 21.9 Å². The van der Waals surface area contributed by atoms with Crippen molar-refractivity contribution in [1.29, 1.82) is 0 Å². The van der Waals surface area contributed by atoms with Crippen LogP contribution in [0.4, 0.5) is 11.5 Å². The van der Waals surface area contributed by atoms with Crippen LogP contribution in [-0.2, 0) is 13.1 Å². The van der Waals surface area contributed by atoms with Crippen molar-refractivity contribution in [3.8, 4) is 0 Å². The van der Waals surface area contributed by atoms with Gasteiger partial charge in [0.1, 0.15) is 11.8 Å². The molecule has 5 aromatic rings. The molecular weight excluding hydrogens is 452 g/mol. The Bertz CT molecular complexity index is 1540. The summed E-state index contributed by atoms with van der Waals surface area (Å²) in [6.45, 7) is 7.11. The van der Waals surface area contributed by atoms with Crippen molar-refractivity contribution in [2.24, 2.45) is 0 Å². The van der Waals surface area contributed by atoms with Crippen molar-refractivity contribution in [3.63, 3.8) is 0 Å². The van der Waals surface area contributed by atoms with Gasteiger partial charge in [-0.05, 0) is 68.8 Å². The number of carbonyl (C=O) groups excluding carboxylic acids is 1. The van der Waals surface area contributed by atoms with Crippen LogP contribution in [-0.4, -0.2) is 42.3 Å². The average Bonchev–Trinajstić information content (AvgIpc) is 3.43. The number of anilines is 2. The minimum absolute atomic E-state index is 0.0434. The van der Waals surface area contributed by atoms with E-state index < -0.39 is 0 Å². The summed E-state index contributed by atoms with van der Waals surface area (Å²) in [4.78, 5) is 21.4. The molecule has 2 aromatic carbocycles. The summed E-state index contributed by atoms with van der Waals surface area (Å²) in [5.41, 5.74) is 5.14. The minimum atomic E-state index is -0.283. The third kappa shape index (κ3) is 4.94. The van der Waals surface area contributed by atoms with E-state index in [0.29, 0.717) is 24.5 Å². The molecule has 0 aliphatic heterocycles. The molecule has 5 rings (SSSR count). The molecule has 0 unspecified atom stereocenters. The number of aliphatic hydroxyl groups is 1. The zero-order valence-corrected chi connectivity index (χ0v) is 20.7. The number of aromatic nitrogens is 4. The largest absolute Gasteiger partial charge is 0.395 e. The van der Waals surface area contributed by atoms with Gasteiger partial charge in [-0.1, -0.05) is 12.1 Å². The van der Waals surface area contributed by atoms with Gasteiger partial charge in [-0.25, -0.2) is 9.97 Å². The Kier molecular flexibility index (Phi) is 6.20. The maximum Gasteiger partial charge on any atom is 0.251 e. The Labute approximate surface area is 209 Å². The third-order valence-corrected chi connectivity index (χ3v) is 5.96. The van der Waals surface area contributed by atoms with Crippen LogP contribution in [0.3, 0.4) is 0 Å². The molecule has 0 saturated carbocycles. The monoisotopic (exact) mass is 482 g/mol. The highest BCUT2D eigenvalue weighted by molar-refractivity contribution is 5.95. The topological polar surface area (TPSA) is 97.0 Å². The van der Waals surface area contributed by atoms with Crippen LogP contribution in [0.5, 0.6) is 0 Å². The molecule has 8 nitrogen and oxygen atoms in total. The molecule has 36 heavy (non-hydrogen) atoms. The third-order valence-electron chi connectivity index (χ3n) is 5.96. The van der Waals surface area contributed by atoms with E-state index >= 15 is 0 Å². The molecule has 0 aliphatic rings. The highest BCUT2D eigenvalue weighted by Gasteiger charge is 2.16. The van der Waals surface area contributed by atoms with Crippen LogP contribution in [0.1, 0.15) is 36.7 Å². The summed E-state index contributed by atoms with van der Waals surface area (Å²) in [7, 11) is 0. The van der Waals surface area contributed by atoms with Gasteiger partial charge in [0.2, 0.25) is 0 Å². The summed E-state index contributed by atoms with van der Waals surface area (Å²) < 4.78 is 4.12. The second-order valence-electron chi connectivity index (χ2n) is 9.94. The first kappa shape index (κ1) is 23.6. The molecule has 3 heterocycles. The molecule has 3 N–H and O–H groups in total. The van der Waals surface area contributed by atoms with Gasteiger partial charge in [-0.2, -0.15) is 0 Å². The predicted molar refractivity (Wildman–Crippen MR) is 143 cm³/mol. The lowest BCUT2D eigenvalue weighted by Gasteiger charge is -2.20. The SMILES string of the molecule is CC(C)(C)NC(=O)c1cccc(Cn2ccc3cc(Nc4ncnc5ccn(CCO)c45)ccc32)c1. The molecule has 0 radical (unpaired) electrons. The van der Waals surface area contributed by atoms with E-state index in [0.717, 1.165) is 33.2 Å². The van der Waals surface area contributed by atoms with Crippen molar-refractivity contribution >= 4 is 39.3 Å². The molecular formula is C28H30N6O2. The summed E-state index contributed by atoms with van der Waals surface area (Å²) in [5.74, 6) is 0.629. The summed E-state index contributed by atoms with van der Waals surface area (Å²) in [6.07, 6.45) is 5.51. The number of nitrogens with zero attached hydrogens (tertiary/aromatic N) is 4. The van der Waals surface area contributed by atoms with Gasteiger partial charge in [0.05, 0.1) is 12.1 Å². The van der Waals surface area contributed by atoms with E-state index in [4.69, 9.17) is 0 Å². The van der Waals surface area contributed by atoms with Crippen molar-refractivity contribution < 1.29 is 9.90 Å². The highest BCUT2D eigenvalue weighted by atomic mass is 16.3. The molecule has 184 valence electrons. The molecule has 0 bridgehead atoms. The van der Waals surface area contributed by atoms with Gasteiger partial charge in [0.15, 0.2) is 5.82 Å². The molecule has 3 aromatic heterocycles. The highest BCUT2D eigenvalue weighted by Crippen LogP contribution is 2.27. The number of hydrogen-bond donors (Lipinski definition) is 3. The van der Waals surface area contributed by atoms with Gasteiger partial charge in [0, 0.05) is 53.2 Å². The molecule has 0 atom stereocenters. The number of rotatable bonds is 7. The lowest BCUT2D eigenvalue weighted by atomic mass is 10.1. The van der Waals surface area contributed by atoms with Crippen molar-refractivity contribution in [1.82, 2.24) is 24.4 Å². The Balaban J connectivity index is 1.38. The standard InChI is InChI=1S/C28H30N6O2/c1-28(2,3)32-27(36)21-6-4-5-19(15-21)17-34-11-9-20-16-22(7-8-24(20)34)31-26-25-23(29-18-30-26)10-12-33(25)13-14-35/h4-12,15-16,18,35H,13-14,17H2,1-3H3,(H,32,36)(H,29,30,31). The zero-order chi connectivity index (χ0) is 25.3. The quantitative estimate of drug-likeness (QED) is 0.312. The van der Waals surface area contributed by atoms with Crippen LogP contribution >= 0.6 is 0 Å². The second-order valence-corrected chi connectivity index (χ2v) is 9.94. The van der Waals surface area contributed by atoms with E-state index in [1.807, 2.05) is 67.9 Å². The smallest absolute Gasteiger partial charge is 0.251 e. The lowest BCUT2D eigenvalue weighted by molar-refractivity contribution is 0.0919. The predicted octanol–water partition coefficient (Wildman–Crippen LogP) is 4.70. The van der Waals surface area contributed by atoms with E-state index in [1.165, 1.54) is 0 Å². The zero-order valence-electron chi connectivity index (χ0n) is 20.7. The van der Waals surface area contributed by atoms with Crippen molar-refractivity contribution in [2.75, 3.05) is 11.9 Å². The number of carbonyl (C=O) groups is 1. The first-order valence-corrected chi connectivity index (χ1v) is 12.0. The Morgan fingerprint density at radius 3 is 2.64 bits per heavy atom.